The van der Waals surface area contributed by atoms with E-state index in [1.807, 2.05) is 31.2 Å². The van der Waals surface area contributed by atoms with Crippen molar-refractivity contribution < 1.29 is 109 Å². The number of hydrogen-bond donors (Lipinski definition) is 0. The Morgan fingerprint density at radius 3 is 1.67 bits per heavy atom. The monoisotopic (exact) mass is 815 g/mol. The predicted molar refractivity (Wildman–Crippen MR) is 145 cm³/mol. The SMILES string of the molecule is Cc1ccc(COc2ccc(OCC(CN(CCN(CC(=O)[O-])CC(=O)[O-])CC(=O)[O-])N(CC(=O)[O-])CC(=O)[O-])c(C(=O)[O-])c2)cc1.[Gd+3]. The van der Waals surface area contributed by atoms with Crippen molar-refractivity contribution in [3.63, 3.8) is 0 Å². The van der Waals surface area contributed by atoms with Crippen LogP contribution in [-0.2, 0) is 30.6 Å². The minimum absolute atomic E-state index is 0. The molecule has 2 aromatic rings. The van der Waals surface area contributed by atoms with Gasteiger partial charge in [0.05, 0.1) is 41.9 Å². The van der Waals surface area contributed by atoms with Gasteiger partial charge >= 0.3 is 39.9 Å². The maximum absolute atomic E-state index is 11.9. The van der Waals surface area contributed by atoms with Crippen molar-refractivity contribution in [3.05, 3.63) is 59.2 Å². The number of aliphatic carboxylic acids is 5. The molecule has 2 aromatic carbocycles. The third kappa shape index (κ3) is 16.3. The summed E-state index contributed by atoms with van der Waals surface area (Å²) in [6.07, 6.45) is 0. The second-order valence-corrected chi connectivity index (χ2v) is 10.4. The molecule has 17 nitrogen and oxygen atoms in total. The fourth-order valence-corrected chi connectivity index (χ4v) is 4.42. The number of nitrogens with zero attached hydrogens (tertiary/aromatic N) is 3. The molecule has 0 N–H and O–H groups in total. The molecule has 0 saturated carbocycles. The van der Waals surface area contributed by atoms with Crippen molar-refractivity contribution in [1.82, 2.24) is 14.7 Å². The molecular weight excluding hydrogens is 784 g/mol. The molecule has 48 heavy (non-hydrogen) atoms. The molecule has 0 aliphatic carbocycles. The smallest absolute Gasteiger partial charge is 0.549 e. The van der Waals surface area contributed by atoms with Gasteiger partial charge in [-0.15, -0.1) is 0 Å². The topological polar surface area (TPSA) is 269 Å². The van der Waals surface area contributed by atoms with Gasteiger partial charge in [0.25, 0.3) is 0 Å². The van der Waals surface area contributed by atoms with Crippen LogP contribution in [0.2, 0.25) is 0 Å². The van der Waals surface area contributed by atoms with E-state index in [0.29, 0.717) is 0 Å². The maximum Gasteiger partial charge on any atom is 3.00 e. The number of carboxylic acids is 6. The number of carbonyl (C=O) groups excluding carboxylic acids is 6. The van der Waals surface area contributed by atoms with E-state index in [-0.39, 0.29) is 71.1 Å². The van der Waals surface area contributed by atoms with Crippen LogP contribution in [0.5, 0.6) is 11.5 Å². The van der Waals surface area contributed by atoms with E-state index in [9.17, 15) is 59.4 Å². The molecule has 0 aromatic heterocycles. The van der Waals surface area contributed by atoms with Crippen molar-refractivity contribution in [2.24, 2.45) is 0 Å². The number of carbonyl (C=O) groups is 6. The van der Waals surface area contributed by atoms with Gasteiger partial charge in [0.15, 0.2) is 0 Å². The summed E-state index contributed by atoms with van der Waals surface area (Å²) in [6, 6.07) is 9.83. The molecule has 1 atom stereocenters. The number of carboxylic acid groups (broad SMARTS) is 6. The Morgan fingerprint density at radius 1 is 0.667 bits per heavy atom. The van der Waals surface area contributed by atoms with Gasteiger partial charge in [-0.3, -0.25) is 14.7 Å². The van der Waals surface area contributed by atoms with Crippen LogP contribution in [0.25, 0.3) is 0 Å². The van der Waals surface area contributed by atoms with Crippen molar-refractivity contribution in [1.29, 1.82) is 0 Å². The van der Waals surface area contributed by atoms with Gasteiger partial charge in [0.2, 0.25) is 0 Å². The van der Waals surface area contributed by atoms with Crippen LogP contribution < -0.4 is 40.1 Å². The first kappa shape index (κ1) is 42.1. The molecule has 261 valence electrons. The standard InChI is InChI=1S/C30H37N3O14.Gd/c1-19-2-4-20(5-3-19)17-46-22-6-7-24(23(10-22)30(44)45)47-18-21(33(15-28(40)41)16-29(42)43)11-31(12-25(34)35)8-9-32(13-26(36)37)14-27(38)39;/h2-7,10,21H,8-9,11-18H2,1H3,(H,34,35)(H,36,37)(H,38,39)(H,40,41)(H,42,43)(H,44,45);/q;+3/p-6. The summed E-state index contributed by atoms with van der Waals surface area (Å²) >= 11 is 0. The largest absolute Gasteiger partial charge is 3.00 e. The molecule has 0 fully saturated rings. The summed E-state index contributed by atoms with van der Waals surface area (Å²) < 4.78 is 11.3. The van der Waals surface area contributed by atoms with Crippen LogP contribution in [0.1, 0.15) is 21.5 Å². The van der Waals surface area contributed by atoms with Crippen molar-refractivity contribution in [3.8, 4) is 11.5 Å². The van der Waals surface area contributed by atoms with Crippen LogP contribution >= 0.6 is 0 Å². The molecule has 0 aliphatic rings. The second-order valence-electron chi connectivity index (χ2n) is 10.4. The summed E-state index contributed by atoms with van der Waals surface area (Å²) in [5.74, 6) is -10.1. The Balaban J connectivity index is 0.0000115. The maximum atomic E-state index is 11.9. The molecule has 2 rings (SSSR count). The van der Waals surface area contributed by atoms with Gasteiger partial charge in [0.1, 0.15) is 24.7 Å². The van der Waals surface area contributed by atoms with Crippen molar-refractivity contribution >= 4 is 35.8 Å². The Kier molecular flexibility index (Phi) is 18.5. The summed E-state index contributed by atoms with van der Waals surface area (Å²) in [5.41, 5.74) is 1.36. The van der Waals surface area contributed by atoms with E-state index < -0.39 is 93.3 Å². The number of aromatic carboxylic acids is 1. The van der Waals surface area contributed by atoms with Gasteiger partial charge in [0, 0.05) is 57.9 Å². The number of aryl methyl sites for hydroxylation is 1. The minimum atomic E-state index is -1.72. The molecule has 1 radical (unpaired) electrons. The van der Waals surface area contributed by atoms with E-state index in [1.54, 1.807) is 0 Å². The molecule has 0 aliphatic heterocycles. The second kappa shape index (κ2) is 21.1. The Hall–Kier alpha value is -3.94. The molecule has 0 spiro atoms. The van der Waals surface area contributed by atoms with E-state index in [4.69, 9.17) is 9.47 Å². The average Bonchev–Trinajstić information content (AvgIpc) is 2.96. The Labute approximate surface area is 306 Å². The van der Waals surface area contributed by atoms with E-state index in [2.05, 4.69) is 0 Å². The van der Waals surface area contributed by atoms with Gasteiger partial charge in [-0.1, -0.05) is 29.8 Å². The van der Waals surface area contributed by atoms with Gasteiger partial charge in [-0.05, 0) is 30.7 Å². The van der Waals surface area contributed by atoms with Crippen LogP contribution in [0.15, 0.2) is 42.5 Å². The molecule has 0 amide bonds. The van der Waals surface area contributed by atoms with E-state index in [1.165, 1.54) is 12.1 Å². The zero-order valence-electron chi connectivity index (χ0n) is 25.6. The molecule has 0 bridgehead atoms. The fourth-order valence-electron chi connectivity index (χ4n) is 4.42. The summed E-state index contributed by atoms with van der Waals surface area (Å²) in [5, 5.41) is 68.4. The third-order valence-corrected chi connectivity index (χ3v) is 6.57. The first-order chi connectivity index (χ1) is 22.1. The summed E-state index contributed by atoms with van der Waals surface area (Å²) in [7, 11) is 0. The molecule has 1 unspecified atom stereocenters. The molecular formula is C30H31GdN3O14-3. The average molecular weight is 815 g/mol. The predicted octanol–water partition coefficient (Wildman–Crippen LogP) is -7.66. The zero-order chi connectivity index (χ0) is 35.1. The minimum Gasteiger partial charge on any atom is -0.549 e. The van der Waals surface area contributed by atoms with Crippen LogP contribution in [0, 0.1) is 46.9 Å². The molecule has 0 heterocycles. The Bertz CT molecular complexity index is 1390. The molecule has 18 heteroatoms. The van der Waals surface area contributed by atoms with Crippen LogP contribution in [-0.4, -0.2) is 116 Å². The third-order valence-electron chi connectivity index (χ3n) is 6.57. The molecule has 0 saturated heterocycles. The normalized spacial score (nSPS) is 11.5. The van der Waals surface area contributed by atoms with Crippen molar-refractivity contribution in [2.75, 3.05) is 59.0 Å². The quantitative estimate of drug-likeness (QED) is 0.101. The van der Waals surface area contributed by atoms with Crippen LogP contribution in [0.3, 0.4) is 0 Å². The summed E-state index contributed by atoms with van der Waals surface area (Å²) in [4.78, 5) is 71.2. The number of ether oxygens (including phenoxy) is 2. The fraction of sp³-hybridized carbons (Fsp3) is 0.400. The van der Waals surface area contributed by atoms with Gasteiger partial charge < -0.3 is 68.9 Å². The van der Waals surface area contributed by atoms with Crippen LogP contribution in [0.4, 0.5) is 0 Å². The number of hydrogen-bond acceptors (Lipinski definition) is 17. The van der Waals surface area contributed by atoms with Gasteiger partial charge in [-0.2, -0.15) is 0 Å². The first-order valence-electron chi connectivity index (χ1n) is 14.0. The number of rotatable bonds is 23. The Morgan fingerprint density at radius 2 is 1.17 bits per heavy atom. The van der Waals surface area contributed by atoms with E-state index >= 15 is 0 Å². The number of benzene rings is 2. The van der Waals surface area contributed by atoms with Gasteiger partial charge in [-0.25, -0.2) is 0 Å². The van der Waals surface area contributed by atoms with E-state index in [0.717, 1.165) is 31.9 Å². The summed E-state index contributed by atoms with van der Waals surface area (Å²) in [6.45, 7) is -4.32. The zero-order valence-corrected chi connectivity index (χ0v) is 27.9. The first-order valence-corrected chi connectivity index (χ1v) is 14.0. The van der Waals surface area contributed by atoms with Crippen molar-refractivity contribution in [2.45, 2.75) is 19.6 Å².